The fourth-order valence-corrected chi connectivity index (χ4v) is 3.58. The van der Waals surface area contributed by atoms with Crippen LogP contribution in [0.3, 0.4) is 0 Å². The lowest BCUT2D eigenvalue weighted by Crippen LogP contribution is -2.37. The minimum Gasteiger partial charge on any atom is -0.463 e. The summed E-state index contributed by atoms with van der Waals surface area (Å²) in [5.41, 5.74) is 2.74. The van der Waals surface area contributed by atoms with E-state index in [1.165, 1.54) is 10.2 Å². The molecule has 1 amide bonds. The van der Waals surface area contributed by atoms with Gasteiger partial charge in [-0.05, 0) is 18.4 Å². The zero-order valence-corrected chi connectivity index (χ0v) is 16.1. The summed E-state index contributed by atoms with van der Waals surface area (Å²) in [6, 6.07) is 13.5. The first-order chi connectivity index (χ1) is 13.5. The van der Waals surface area contributed by atoms with Gasteiger partial charge in [0.1, 0.15) is 17.9 Å². The average Bonchev–Trinajstić information content (AvgIpc) is 3.27. The van der Waals surface area contributed by atoms with E-state index in [4.69, 9.17) is 4.42 Å². The fourth-order valence-electron chi connectivity index (χ4n) is 3.58. The fraction of sp³-hybridized carbons (Fsp3) is 0.286. The van der Waals surface area contributed by atoms with E-state index in [9.17, 15) is 9.59 Å². The molecule has 0 saturated carbocycles. The highest BCUT2D eigenvalue weighted by atomic mass is 16.3. The summed E-state index contributed by atoms with van der Waals surface area (Å²) in [4.78, 5) is 27.2. The van der Waals surface area contributed by atoms with Gasteiger partial charge in [0.15, 0.2) is 5.58 Å². The van der Waals surface area contributed by atoms with Crippen molar-refractivity contribution in [3.63, 3.8) is 0 Å². The predicted molar refractivity (Wildman–Crippen MR) is 106 cm³/mol. The Bertz CT molecular complexity index is 1200. The van der Waals surface area contributed by atoms with Crippen molar-refractivity contribution in [2.24, 2.45) is 0 Å². The SMILES string of the molecule is Cc1nn(CC(=O)N(C)C[C@H](C)c2ccccc2)c(=O)c2cc3occc3n12. The summed E-state index contributed by atoms with van der Waals surface area (Å²) in [6.45, 7) is 4.36. The largest absolute Gasteiger partial charge is 0.463 e. The quantitative estimate of drug-likeness (QED) is 0.535. The molecule has 3 aromatic heterocycles. The van der Waals surface area contributed by atoms with Crippen LogP contribution in [0.2, 0.25) is 0 Å². The van der Waals surface area contributed by atoms with Gasteiger partial charge in [-0.15, -0.1) is 0 Å². The van der Waals surface area contributed by atoms with E-state index in [-0.39, 0.29) is 23.9 Å². The number of likely N-dealkylation sites (N-methyl/N-ethyl adjacent to an activating group) is 1. The number of nitrogens with zero attached hydrogens (tertiary/aromatic N) is 4. The number of aromatic nitrogens is 3. The molecule has 7 heteroatoms. The molecule has 0 spiro atoms. The average molecular weight is 378 g/mol. The first-order valence-electron chi connectivity index (χ1n) is 9.21. The van der Waals surface area contributed by atoms with Gasteiger partial charge in [-0.1, -0.05) is 37.3 Å². The van der Waals surface area contributed by atoms with Gasteiger partial charge in [-0.2, -0.15) is 5.10 Å². The van der Waals surface area contributed by atoms with Crippen molar-refractivity contribution in [1.29, 1.82) is 0 Å². The Labute approximate surface area is 161 Å². The third kappa shape index (κ3) is 3.09. The number of carbonyl (C=O) groups is 1. The van der Waals surface area contributed by atoms with E-state index in [2.05, 4.69) is 24.2 Å². The molecule has 0 N–H and O–H groups in total. The van der Waals surface area contributed by atoms with E-state index in [1.807, 2.05) is 18.2 Å². The van der Waals surface area contributed by atoms with Crippen LogP contribution in [-0.4, -0.2) is 38.6 Å². The van der Waals surface area contributed by atoms with Crippen LogP contribution >= 0.6 is 0 Å². The molecule has 4 aromatic rings. The number of hydrogen-bond donors (Lipinski definition) is 0. The monoisotopic (exact) mass is 378 g/mol. The Morgan fingerprint density at radius 1 is 1.21 bits per heavy atom. The molecule has 0 unspecified atom stereocenters. The Kier molecular flexibility index (Phi) is 4.50. The van der Waals surface area contributed by atoms with E-state index < -0.39 is 0 Å². The molecular formula is C21H22N4O3. The van der Waals surface area contributed by atoms with Crippen molar-refractivity contribution in [3.8, 4) is 0 Å². The molecule has 0 radical (unpaired) electrons. The minimum atomic E-state index is -0.310. The molecule has 28 heavy (non-hydrogen) atoms. The summed E-state index contributed by atoms with van der Waals surface area (Å²) in [5, 5.41) is 4.34. The molecule has 7 nitrogen and oxygen atoms in total. The topological polar surface area (TPSA) is 72.8 Å². The molecule has 144 valence electrons. The molecule has 0 aliphatic carbocycles. The smallest absolute Gasteiger partial charge is 0.291 e. The van der Waals surface area contributed by atoms with Crippen molar-refractivity contribution in [3.05, 3.63) is 70.5 Å². The summed E-state index contributed by atoms with van der Waals surface area (Å²) >= 11 is 0. The van der Waals surface area contributed by atoms with Crippen LogP contribution in [0.25, 0.3) is 16.6 Å². The molecule has 0 saturated heterocycles. The van der Waals surface area contributed by atoms with Crippen LogP contribution < -0.4 is 5.56 Å². The zero-order valence-electron chi connectivity index (χ0n) is 16.1. The minimum absolute atomic E-state index is 0.0965. The number of aryl methyl sites for hydroxylation is 1. The van der Waals surface area contributed by atoms with Gasteiger partial charge in [0.2, 0.25) is 5.91 Å². The number of benzene rings is 1. The van der Waals surface area contributed by atoms with Crippen LogP contribution in [0, 0.1) is 6.92 Å². The third-order valence-corrected chi connectivity index (χ3v) is 5.09. The van der Waals surface area contributed by atoms with Gasteiger partial charge in [-0.3, -0.25) is 14.0 Å². The number of fused-ring (bicyclic) bond motifs is 3. The lowest BCUT2D eigenvalue weighted by molar-refractivity contribution is -0.131. The number of carbonyl (C=O) groups excluding carboxylic acids is 1. The van der Waals surface area contributed by atoms with Gasteiger partial charge < -0.3 is 9.32 Å². The first kappa shape index (κ1) is 18.0. The maximum absolute atomic E-state index is 12.8. The molecule has 1 atom stereocenters. The third-order valence-electron chi connectivity index (χ3n) is 5.09. The highest BCUT2D eigenvalue weighted by molar-refractivity contribution is 5.82. The van der Waals surface area contributed by atoms with Gasteiger partial charge >= 0.3 is 0 Å². The molecular weight excluding hydrogens is 356 g/mol. The normalized spacial score (nSPS) is 12.5. The number of hydrogen-bond acceptors (Lipinski definition) is 4. The highest BCUT2D eigenvalue weighted by Gasteiger charge is 2.18. The van der Waals surface area contributed by atoms with Gasteiger partial charge in [-0.25, -0.2) is 4.68 Å². The van der Waals surface area contributed by atoms with Crippen molar-refractivity contribution >= 4 is 22.5 Å². The predicted octanol–water partition coefficient (Wildman–Crippen LogP) is 2.81. The van der Waals surface area contributed by atoms with Crippen molar-refractivity contribution in [1.82, 2.24) is 19.1 Å². The lowest BCUT2D eigenvalue weighted by atomic mass is 10.0. The standard InChI is InChI=1S/C21H22N4O3/c1-14(16-7-5-4-6-8-16)12-23(3)20(26)13-24-21(27)18-11-19-17(9-10-28-19)25(18)15(2)22-24/h4-11,14H,12-13H2,1-3H3/t14-/m0/s1. The van der Waals surface area contributed by atoms with Crippen LogP contribution in [0.4, 0.5) is 0 Å². The summed E-state index contributed by atoms with van der Waals surface area (Å²) < 4.78 is 8.37. The van der Waals surface area contributed by atoms with E-state index in [0.717, 1.165) is 5.52 Å². The summed E-state index contributed by atoms with van der Waals surface area (Å²) in [6.07, 6.45) is 1.58. The maximum Gasteiger partial charge on any atom is 0.291 e. The van der Waals surface area contributed by atoms with E-state index in [0.29, 0.717) is 23.5 Å². The van der Waals surface area contributed by atoms with Crippen LogP contribution in [0.15, 0.2) is 57.9 Å². The van der Waals surface area contributed by atoms with Crippen LogP contribution in [0.1, 0.15) is 24.2 Å². The second kappa shape index (κ2) is 6.99. The van der Waals surface area contributed by atoms with Crippen LogP contribution in [-0.2, 0) is 11.3 Å². The van der Waals surface area contributed by atoms with Gasteiger partial charge in [0, 0.05) is 25.7 Å². The van der Waals surface area contributed by atoms with E-state index >= 15 is 0 Å². The number of rotatable bonds is 5. The Morgan fingerprint density at radius 3 is 2.71 bits per heavy atom. The summed E-state index contributed by atoms with van der Waals surface area (Å²) in [7, 11) is 1.75. The number of furan rings is 1. The second-order valence-corrected chi connectivity index (χ2v) is 7.13. The molecule has 0 aliphatic heterocycles. The molecule has 1 aromatic carbocycles. The van der Waals surface area contributed by atoms with Crippen molar-refractivity contribution in [2.45, 2.75) is 26.3 Å². The molecule has 0 fully saturated rings. The first-order valence-corrected chi connectivity index (χ1v) is 9.21. The van der Waals surface area contributed by atoms with Crippen LogP contribution in [0.5, 0.6) is 0 Å². The molecule has 4 rings (SSSR count). The highest BCUT2D eigenvalue weighted by Crippen LogP contribution is 2.20. The van der Waals surface area contributed by atoms with Gasteiger partial charge in [0.25, 0.3) is 5.56 Å². The molecule has 3 heterocycles. The molecule has 0 bridgehead atoms. The van der Waals surface area contributed by atoms with Gasteiger partial charge in [0.05, 0.1) is 11.8 Å². The number of amides is 1. The maximum atomic E-state index is 12.8. The lowest BCUT2D eigenvalue weighted by Gasteiger charge is -2.22. The van der Waals surface area contributed by atoms with Crippen molar-refractivity contribution < 1.29 is 9.21 Å². The molecule has 0 aliphatic rings. The summed E-state index contributed by atoms with van der Waals surface area (Å²) in [5.74, 6) is 0.664. The van der Waals surface area contributed by atoms with Crippen molar-refractivity contribution in [2.75, 3.05) is 13.6 Å². The Morgan fingerprint density at radius 2 is 1.96 bits per heavy atom. The second-order valence-electron chi connectivity index (χ2n) is 7.13. The zero-order chi connectivity index (χ0) is 19.8. The Hall–Kier alpha value is -3.35. The Balaban J connectivity index is 1.56. The van der Waals surface area contributed by atoms with E-state index in [1.54, 1.807) is 41.7 Å².